The number of allylic oxidation sites excluding steroid dienone is 1. The predicted octanol–water partition coefficient (Wildman–Crippen LogP) is 3.44. The monoisotopic (exact) mass is 419 g/mol. The van der Waals surface area contributed by atoms with E-state index in [-0.39, 0.29) is 0 Å². The first-order valence-electron chi connectivity index (χ1n) is 9.91. The number of para-hydroxylation sites is 1. The van der Waals surface area contributed by atoms with Gasteiger partial charge in [0.15, 0.2) is 6.10 Å². The summed E-state index contributed by atoms with van der Waals surface area (Å²) in [7, 11) is 0. The Hall–Kier alpha value is -3.94. The summed E-state index contributed by atoms with van der Waals surface area (Å²) >= 11 is 0. The Bertz CT molecular complexity index is 1200. The number of benzene rings is 1. The number of primary amides is 1. The molecule has 0 fully saturated rings. The van der Waals surface area contributed by atoms with Crippen molar-refractivity contribution in [3.8, 4) is 0 Å². The first kappa shape index (κ1) is 20.3. The summed E-state index contributed by atoms with van der Waals surface area (Å²) in [4.78, 5) is 40.9. The SMILES string of the molecule is CC(OC(=O)c1c2c(nc3ccccc13)C(=Cc1ccco1)CCC2)C(=O)NC(N)=O. The van der Waals surface area contributed by atoms with Crippen LogP contribution in [-0.2, 0) is 16.0 Å². The number of carbonyl (C=O) groups excluding carboxylic acids is 3. The van der Waals surface area contributed by atoms with E-state index >= 15 is 0 Å². The van der Waals surface area contributed by atoms with Crippen molar-refractivity contribution in [3.63, 3.8) is 0 Å². The number of aromatic nitrogens is 1. The van der Waals surface area contributed by atoms with Gasteiger partial charge in [-0.15, -0.1) is 0 Å². The van der Waals surface area contributed by atoms with Gasteiger partial charge < -0.3 is 14.9 Å². The van der Waals surface area contributed by atoms with Crippen LogP contribution in [0.3, 0.4) is 0 Å². The van der Waals surface area contributed by atoms with Crippen molar-refractivity contribution < 1.29 is 23.5 Å². The van der Waals surface area contributed by atoms with E-state index in [1.54, 1.807) is 12.3 Å². The highest BCUT2D eigenvalue weighted by Crippen LogP contribution is 2.36. The minimum absolute atomic E-state index is 0.379. The Morgan fingerprint density at radius 2 is 2.00 bits per heavy atom. The second-order valence-corrected chi connectivity index (χ2v) is 7.27. The lowest BCUT2D eigenvalue weighted by atomic mass is 9.86. The van der Waals surface area contributed by atoms with Crippen LogP contribution in [0.4, 0.5) is 4.79 Å². The number of amides is 3. The molecule has 1 unspecified atom stereocenters. The number of pyridine rings is 1. The maximum Gasteiger partial charge on any atom is 0.339 e. The number of nitrogens with zero attached hydrogens (tertiary/aromatic N) is 1. The summed E-state index contributed by atoms with van der Waals surface area (Å²) in [5.74, 6) is -0.730. The highest BCUT2D eigenvalue weighted by atomic mass is 16.5. The maximum atomic E-state index is 13.2. The highest BCUT2D eigenvalue weighted by Gasteiger charge is 2.28. The molecule has 0 bridgehead atoms. The number of hydrogen-bond donors (Lipinski definition) is 2. The molecular weight excluding hydrogens is 398 g/mol. The second kappa shape index (κ2) is 8.43. The van der Waals surface area contributed by atoms with Crippen LogP contribution in [0.2, 0.25) is 0 Å². The van der Waals surface area contributed by atoms with Crippen molar-refractivity contribution in [2.24, 2.45) is 5.73 Å². The van der Waals surface area contributed by atoms with Gasteiger partial charge >= 0.3 is 12.0 Å². The van der Waals surface area contributed by atoms with Crippen molar-refractivity contribution >= 4 is 40.5 Å². The standard InChI is InChI=1S/C23H21N3O5/c1-13(21(27)26-23(24)29)31-22(28)19-16-8-2-3-10-18(16)25-20-14(6-4-9-17(19)20)12-15-7-5-11-30-15/h2-3,5,7-8,10-13H,4,6,9H2,1H3,(H3,24,26,27,29). The van der Waals surface area contributed by atoms with Gasteiger partial charge in [-0.1, -0.05) is 18.2 Å². The number of ether oxygens (including phenoxy) is 1. The number of nitrogens with two attached hydrogens (primary N) is 1. The summed E-state index contributed by atoms with van der Waals surface area (Å²) in [5, 5.41) is 2.57. The lowest BCUT2D eigenvalue weighted by Crippen LogP contribution is -2.42. The van der Waals surface area contributed by atoms with E-state index in [1.165, 1.54) is 6.92 Å². The lowest BCUT2D eigenvalue weighted by molar-refractivity contribution is -0.127. The normalized spacial score (nSPS) is 15.3. The van der Waals surface area contributed by atoms with Gasteiger partial charge in [0.25, 0.3) is 5.91 Å². The zero-order chi connectivity index (χ0) is 22.0. The molecule has 158 valence electrons. The van der Waals surface area contributed by atoms with Crippen molar-refractivity contribution in [2.75, 3.05) is 0 Å². The molecule has 2 heterocycles. The molecule has 1 aromatic carbocycles. The molecule has 8 nitrogen and oxygen atoms in total. The number of carbonyl (C=O) groups is 3. The second-order valence-electron chi connectivity index (χ2n) is 7.27. The largest absolute Gasteiger partial charge is 0.465 e. The van der Waals surface area contributed by atoms with Gasteiger partial charge in [-0.2, -0.15) is 0 Å². The molecule has 31 heavy (non-hydrogen) atoms. The number of furan rings is 1. The van der Waals surface area contributed by atoms with Crippen LogP contribution in [0.15, 0.2) is 47.1 Å². The van der Waals surface area contributed by atoms with Crippen molar-refractivity contribution in [1.29, 1.82) is 0 Å². The minimum Gasteiger partial charge on any atom is -0.465 e. The van der Waals surface area contributed by atoms with Gasteiger partial charge in [-0.3, -0.25) is 10.1 Å². The van der Waals surface area contributed by atoms with Crippen molar-refractivity contribution in [1.82, 2.24) is 10.3 Å². The van der Waals surface area contributed by atoms with Gasteiger partial charge in [-0.25, -0.2) is 14.6 Å². The molecular formula is C23H21N3O5. The molecule has 1 aliphatic rings. The summed E-state index contributed by atoms with van der Waals surface area (Å²) in [5.41, 5.74) is 8.47. The zero-order valence-corrected chi connectivity index (χ0v) is 16.9. The Kier molecular flexibility index (Phi) is 5.53. The van der Waals surface area contributed by atoms with Crippen molar-refractivity contribution in [2.45, 2.75) is 32.3 Å². The molecule has 0 spiro atoms. The van der Waals surface area contributed by atoms with E-state index in [0.29, 0.717) is 28.6 Å². The molecule has 0 saturated heterocycles. The van der Waals surface area contributed by atoms with Crippen LogP contribution in [0.25, 0.3) is 22.6 Å². The third-order valence-electron chi connectivity index (χ3n) is 5.13. The van der Waals surface area contributed by atoms with Gasteiger partial charge in [0.1, 0.15) is 5.76 Å². The van der Waals surface area contributed by atoms with Gasteiger partial charge in [-0.05, 0) is 61.6 Å². The molecule has 1 aliphatic carbocycles. The summed E-state index contributed by atoms with van der Waals surface area (Å²) in [6, 6.07) is 9.96. The number of nitrogens with one attached hydrogen (secondary N) is 1. The summed E-state index contributed by atoms with van der Waals surface area (Å²) in [6.45, 7) is 1.38. The molecule has 3 N–H and O–H groups in total. The number of fused-ring (bicyclic) bond motifs is 2. The number of urea groups is 1. The van der Waals surface area contributed by atoms with E-state index in [4.69, 9.17) is 19.9 Å². The number of esters is 1. The predicted molar refractivity (Wildman–Crippen MR) is 114 cm³/mol. The first-order chi connectivity index (χ1) is 14.9. The molecule has 3 aromatic rings. The smallest absolute Gasteiger partial charge is 0.339 e. The fourth-order valence-electron chi connectivity index (χ4n) is 3.75. The quantitative estimate of drug-likeness (QED) is 0.624. The van der Waals surface area contributed by atoms with E-state index in [0.717, 1.165) is 29.7 Å². The molecule has 0 saturated carbocycles. The van der Waals surface area contributed by atoms with E-state index in [1.807, 2.05) is 41.7 Å². The molecule has 2 aromatic heterocycles. The van der Waals surface area contributed by atoms with Crippen LogP contribution >= 0.6 is 0 Å². The van der Waals surface area contributed by atoms with Crippen LogP contribution in [0, 0.1) is 0 Å². The van der Waals surface area contributed by atoms with Gasteiger partial charge in [0.05, 0.1) is 23.0 Å². The van der Waals surface area contributed by atoms with Crippen LogP contribution in [-0.4, -0.2) is 29.0 Å². The number of rotatable bonds is 4. The van der Waals surface area contributed by atoms with Gasteiger partial charge in [0, 0.05) is 5.39 Å². The Morgan fingerprint density at radius 1 is 1.19 bits per heavy atom. The average molecular weight is 419 g/mol. The van der Waals surface area contributed by atoms with Gasteiger partial charge in [0.2, 0.25) is 0 Å². The molecule has 0 radical (unpaired) electrons. The Morgan fingerprint density at radius 3 is 2.74 bits per heavy atom. The Balaban J connectivity index is 1.79. The molecule has 3 amide bonds. The number of imide groups is 1. The highest BCUT2D eigenvalue weighted by molar-refractivity contribution is 6.07. The first-order valence-corrected chi connectivity index (χ1v) is 9.91. The maximum absolute atomic E-state index is 13.2. The fraction of sp³-hybridized carbons (Fsp3) is 0.217. The molecule has 4 rings (SSSR count). The zero-order valence-electron chi connectivity index (χ0n) is 16.9. The molecule has 1 atom stereocenters. The Labute approximate surface area is 178 Å². The topological polar surface area (TPSA) is 125 Å². The number of hydrogen-bond acceptors (Lipinski definition) is 6. The van der Waals surface area contributed by atoms with E-state index in [9.17, 15) is 14.4 Å². The lowest BCUT2D eigenvalue weighted by Gasteiger charge is -2.23. The van der Waals surface area contributed by atoms with E-state index in [2.05, 4.69) is 0 Å². The van der Waals surface area contributed by atoms with Crippen molar-refractivity contribution in [3.05, 3.63) is 65.2 Å². The third kappa shape index (κ3) is 4.18. The third-order valence-corrected chi connectivity index (χ3v) is 5.13. The summed E-state index contributed by atoms with van der Waals surface area (Å²) in [6.07, 6.45) is 4.62. The summed E-state index contributed by atoms with van der Waals surface area (Å²) < 4.78 is 10.8. The average Bonchev–Trinajstić information content (AvgIpc) is 3.25. The van der Waals surface area contributed by atoms with Crippen LogP contribution in [0.5, 0.6) is 0 Å². The van der Waals surface area contributed by atoms with Crippen LogP contribution < -0.4 is 11.1 Å². The fourth-order valence-corrected chi connectivity index (χ4v) is 3.75. The van der Waals surface area contributed by atoms with Crippen LogP contribution in [0.1, 0.15) is 47.1 Å². The molecule has 0 aliphatic heterocycles. The molecule has 8 heteroatoms. The minimum atomic E-state index is -1.19. The van der Waals surface area contributed by atoms with E-state index < -0.39 is 24.0 Å².